The highest BCUT2D eigenvalue weighted by atomic mass is 16.6. The normalized spacial score (nSPS) is 9.92. The Labute approximate surface area is 72.7 Å². The number of methoxy groups -OCH3 is 1. The highest BCUT2D eigenvalue weighted by Crippen LogP contribution is 2.10. The van der Waals surface area contributed by atoms with Crippen LogP contribution in [0.15, 0.2) is 17.0 Å². The maximum absolute atomic E-state index is 4.74. The molecule has 0 bridgehead atoms. The Morgan fingerprint density at radius 3 is 2.69 bits per heavy atom. The molecule has 2 aromatic rings. The molecule has 0 saturated carbocycles. The second-order valence-electron chi connectivity index (χ2n) is 2.12. The van der Waals surface area contributed by atoms with Crippen LogP contribution < -0.4 is 4.74 Å². The molecule has 0 N–H and O–H groups in total. The number of rotatable bonds is 2. The van der Waals surface area contributed by atoms with Crippen LogP contribution in [0.2, 0.25) is 0 Å². The van der Waals surface area contributed by atoms with Gasteiger partial charge in [-0.05, 0) is 5.16 Å². The maximum atomic E-state index is 4.74. The zero-order valence-corrected chi connectivity index (χ0v) is 6.71. The van der Waals surface area contributed by atoms with Gasteiger partial charge in [0.1, 0.15) is 11.9 Å². The van der Waals surface area contributed by atoms with Crippen molar-refractivity contribution in [2.45, 2.75) is 0 Å². The minimum absolute atomic E-state index is 0.209. The zero-order chi connectivity index (χ0) is 9.10. The molecule has 0 unspecified atom stereocenters. The van der Waals surface area contributed by atoms with Gasteiger partial charge in [0.15, 0.2) is 5.69 Å². The number of nitrogens with zero attached hydrogens (tertiary/aromatic N) is 5. The van der Waals surface area contributed by atoms with Crippen molar-refractivity contribution < 1.29 is 9.37 Å². The van der Waals surface area contributed by atoms with Crippen molar-refractivity contribution in [3.63, 3.8) is 0 Å². The van der Waals surface area contributed by atoms with Crippen molar-refractivity contribution in [1.82, 2.24) is 25.5 Å². The Kier molecular flexibility index (Phi) is 1.83. The van der Waals surface area contributed by atoms with E-state index in [4.69, 9.17) is 4.74 Å². The monoisotopic (exact) mass is 179 g/mol. The lowest BCUT2D eigenvalue weighted by Crippen LogP contribution is -1.95. The summed E-state index contributed by atoms with van der Waals surface area (Å²) in [5, 5.41) is 14.5. The van der Waals surface area contributed by atoms with E-state index in [1.807, 2.05) is 0 Å². The van der Waals surface area contributed by atoms with Crippen LogP contribution >= 0.6 is 0 Å². The summed E-state index contributed by atoms with van der Waals surface area (Å²) in [6, 6.07) is 0.209. The smallest absolute Gasteiger partial charge is 0.335 e. The lowest BCUT2D eigenvalue weighted by atomic mass is 10.4. The van der Waals surface area contributed by atoms with Crippen molar-refractivity contribution in [3.8, 4) is 17.4 Å². The minimum atomic E-state index is 0.209. The molecule has 2 aromatic heterocycles. The van der Waals surface area contributed by atoms with E-state index in [-0.39, 0.29) is 6.01 Å². The van der Waals surface area contributed by atoms with Crippen molar-refractivity contribution >= 4 is 0 Å². The van der Waals surface area contributed by atoms with E-state index in [0.29, 0.717) is 11.4 Å². The van der Waals surface area contributed by atoms with Gasteiger partial charge in [0.05, 0.1) is 13.3 Å². The Hall–Kier alpha value is -2.05. The summed E-state index contributed by atoms with van der Waals surface area (Å²) in [7, 11) is 1.47. The van der Waals surface area contributed by atoms with Crippen LogP contribution in [0.25, 0.3) is 11.4 Å². The topological polar surface area (TPSA) is 86.8 Å². The van der Waals surface area contributed by atoms with Crippen molar-refractivity contribution in [2.75, 3.05) is 7.11 Å². The van der Waals surface area contributed by atoms with Gasteiger partial charge < -0.3 is 4.74 Å². The Balaban J connectivity index is 2.33. The van der Waals surface area contributed by atoms with Crippen molar-refractivity contribution in [3.05, 3.63) is 12.4 Å². The van der Waals surface area contributed by atoms with E-state index in [9.17, 15) is 0 Å². The molecule has 2 rings (SSSR count). The molecule has 0 saturated heterocycles. The van der Waals surface area contributed by atoms with Gasteiger partial charge in [0.25, 0.3) is 0 Å². The summed E-state index contributed by atoms with van der Waals surface area (Å²) in [4.78, 5) is 3.85. The molecule has 7 nitrogen and oxygen atoms in total. The van der Waals surface area contributed by atoms with Crippen LogP contribution in [0.5, 0.6) is 6.01 Å². The molecule has 0 atom stereocenters. The molecule has 0 aliphatic carbocycles. The van der Waals surface area contributed by atoms with Gasteiger partial charge in [-0.25, -0.2) is 9.61 Å². The zero-order valence-electron chi connectivity index (χ0n) is 6.71. The first-order valence-electron chi connectivity index (χ1n) is 3.42. The highest BCUT2D eigenvalue weighted by Gasteiger charge is 2.05. The first-order chi connectivity index (χ1) is 6.40. The molecule has 0 amide bonds. The third kappa shape index (κ3) is 1.43. The highest BCUT2D eigenvalue weighted by molar-refractivity contribution is 5.48. The largest absolute Gasteiger partial charge is 0.466 e. The third-order valence-electron chi connectivity index (χ3n) is 1.35. The second-order valence-corrected chi connectivity index (χ2v) is 2.12. The molecule has 0 fully saturated rings. The van der Waals surface area contributed by atoms with Crippen LogP contribution in [-0.2, 0) is 0 Å². The quantitative estimate of drug-likeness (QED) is 0.637. The Morgan fingerprint density at radius 2 is 2.15 bits per heavy atom. The van der Waals surface area contributed by atoms with Crippen LogP contribution in [0, 0.1) is 0 Å². The van der Waals surface area contributed by atoms with E-state index >= 15 is 0 Å². The number of hydrogen-bond donors (Lipinski definition) is 0. The van der Waals surface area contributed by atoms with Gasteiger partial charge in [0.2, 0.25) is 0 Å². The van der Waals surface area contributed by atoms with E-state index < -0.39 is 0 Å². The SMILES string of the molecule is COc1ncc(-c2cnon2)nn1. The standard InChI is InChI=1S/C6H5N5O2/c1-12-6-7-2-4(9-10-6)5-3-8-13-11-5/h2-3H,1H3. The molecular weight excluding hydrogens is 174 g/mol. The van der Waals surface area contributed by atoms with Gasteiger partial charge in [0, 0.05) is 0 Å². The molecule has 13 heavy (non-hydrogen) atoms. The predicted molar refractivity (Wildman–Crippen MR) is 39.7 cm³/mol. The summed E-state index contributed by atoms with van der Waals surface area (Å²) in [5.74, 6) is 0. The van der Waals surface area contributed by atoms with Gasteiger partial charge in [-0.15, -0.1) is 5.10 Å². The second kappa shape index (κ2) is 3.13. The van der Waals surface area contributed by atoms with E-state index in [0.717, 1.165) is 0 Å². The lowest BCUT2D eigenvalue weighted by Gasteiger charge is -1.94. The molecule has 0 spiro atoms. The van der Waals surface area contributed by atoms with E-state index in [1.165, 1.54) is 19.5 Å². The van der Waals surface area contributed by atoms with Gasteiger partial charge >= 0.3 is 6.01 Å². The molecule has 66 valence electrons. The third-order valence-corrected chi connectivity index (χ3v) is 1.35. The molecule has 0 aliphatic heterocycles. The average molecular weight is 179 g/mol. The van der Waals surface area contributed by atoms with Crippen LogP contribution in [0.4, 0.5) is 0 Å². The lowest BCUT2D eigenvalue weighted by molar-refractivity contribution is 0.308. The van der Waals surface area contributed by atoms with Gasteiger partial charge in [-0.3, -0.25) is 0 Å². The number of aromatic nitrogens is 5. The van der Waals surface area contributed by atoms with Gasteiger partial charge in [-0.1, -0.05) is 10.3 Å². The molecule has 7 heteroatoms. The number of ether oxygens (including phenoxy) is 1. The minimum Gasteiger partial charge on any atom is -0.466 e. The van der Waals surface area contributed by atoms with Gasteiger partial charge in [-0.2, -0.15) is 0 Å². The summed E-state index contributed by atoms with van der Waals surface area (Å²) >= 11 is 0. The van der Waals surface area contributed by atoms with E-state index in [1.54, 1.807) is 0 Å². The van der Waals surface area contributed by atoms with Crippen LogP contribution in [0.1, 0.15) is 0 Å². The first-order valence-corrected chi connectivity index (χ1v) is 3.42. The average Bonchev–Trinajstić information content (AvgIpc) is 2.71. The van der Waals surface area contributed by atoms with Crippen LogP contribution in [0.3, 0.4) is 0 Å². The summed E-state index contributed by atoms with van der Waals surface area (Å²) < 4.78 is 9.14. The fourth-order valence-electron chi connectivity index (χ4n) is 0.753. The van der Waals surface area contributed by atoms with Crippen LogP contribution in [-0.4, -0.2) is 32.6 Å². The predicted octanol–water partition coefficient (Wildman–Crippen LogP) is -0.0698. The van der Waals surface area contributed by atoms with Crippen molar-refractivity contribution in [1.29, 1.82) is 0 Å². The molecular formula is C6H5N5O2. The maximum Gasteiger partial charge on any atom is 0.335 e. The molecule has 2 heterocycles. The Bertz CT molecular complexity index is 370. The summed E-state index contributed by atoms with van der Waals surface area (Å²) in [6.07, 6.45) is 2.91. The summed E-state index contributed by atoms with van der Waals surface area (Å²) in [6.45, 7) is 0. The molecule has 0 aromatic carbocycles. The van der Waals surface area contributed by atoms with Crippen molar-refractivity contribution in [2.24, 2.45) is 0 Å². The number of hydrogen-bond acceptors (Lipinski definition) is 7. The summed E-state index contributed by atoms with van der Waals surface area (Å²) in [5.41, 5.74) is 0.977. The fourth-order valence-corrected chi connectivity index (χ4v) is 0.753. The molecule has 0 radical (unpaired) electrons. The fraction of sp³-hybridized carbons (Fsp3) is 0.167. The Morgan fingerprint density at radius 1 is 1.23 bits per heavy atom. The first kappa shape index (κ1) is 7.59. The molecule has 0 aliphatic rings. The van der Waals surface area contributed by atoms with E-state index in [2.05, 4.69) is 30.1 Å².